The van der Waals surface area contributed by atoms with Crippen LogP contribution in [0.4, 0.5) is 4.79 Å². The SMILES string of the molecule is O=C(O)NC(c1ccccc1)C(O)COCC#CI. The van der Waals surface area contributed by atoms with Crippen LogP contribution in [0.5, 0.6) is 0 Å². The van der Waals surface area contributed by atoms with Crippen LogP contribution in [0.15, 0.2) is 30.3 Å². The van der Waals surface area contributed by atoms with Crippen molar-refractivity contribution in [3.63, 3.8) is 0 Å². The number of carboxylic acid groups (broad SMARTS) is 1. The van der Waals surface area contributed by atoms with Gasteiger partial charge in [0.2, 0.25) is 0 Å². The molecule has 0 saturated heterocycles. The number of aliphatic hydroxyl groups excluding tert-OH is 1. The van der Waals surface area contributed by atoms with Gasteiger partial charge in [0.25, 0.3) is 0 Å². The van der Waals surface area contributed by atoms with Gasteiger partial charge in [0.1, 0.15) is 12.7 Å². The second-order valence-electron chi connectivity index (χ2n) is 3.69. The zero-order valence-corrected chi connectivity index (χ0v) is 12.2. The second-order valence-corrected chi connectivity index (χ2v) is 4.23. The fraction of sp³-hybridized carbons (Fsp3) is 0.308. The molecule has 1 aromatic rings. The molecule has 3 N–H and O–H groups in total. The Balaban J connectivity index is 2.67. The lowest BCUT2D eigenvalue weighted by molar-refractivity contribution is 0.0280. The Morgan fingerprint density at radius 1 is 1.42 bits per heavy atom. The molecule has 0 fully saturated rings. The van der Waals surface area contributed by atoms with Crippen LogP contribution in [0.1, 0.15) is 11.6 Å². The third kappa shape index (κ3) is 5.92. The van der Waals surface area contributed by atoms with Crippen molar-refractivity contribution in [3.05, 3.63) is 35.9 Å². The Bertz CT molecular complexity index is 455. The van der Waals surface area contributed by atoms with Crippen molar-refractivity contribution < 1.29 is 19.7 Å². The van der Waals surface area contributed by atoms with Crippen molar-refractivity contribution in [1.82, 2.24) is 5.32 Å². The Hall–Kier alpha value is -1.30. The summed E-state index contributed by atoms with van der Waals surface area (Å²) in [6.45, 7) is 0.208. The van der Waals surface area contributed by atoms with Gasteiger partial charge in [-0.3, -0.25) is 0 Å². The topological polar surface area (TPSA) is 78.8 Å². The Morgan fingerprint density at radius 2 is 2.11 bits per heavy atom. The van der Waals surface area contributed by atoms with Gasteiger partial charge >= 0.3 is 6.09 Å². The molecule has 5 nitrogen and oxygen atoms in total. The van der Waals surface area contributed by atoms with Gasteiger partial charge in [0.05, 0.1) is 12.6 Å². The molecule has 0 saturated carbocycles. The molecule has 0 heterocycles. The summed E-state index contributed by atoms with van der Waals surface area (Å²) in [6, 6.07) is 8.14. The number of hydrogen-bond acceptors (Lipinski definition) is 3. The average molecular weight is 375 g/mol. The lowest BCUT2D eigenvalue weighted by Gasteiger charge is -2.22. The Morgan fingerprint density at radius 3 is 2.68 bits per heavy atom. The molecule has 1 aromatic carbocycles. The van der Waals surface area contributed by atoms with Crippen LogP contribution in [0, 0.1) is 9.85 Å². The van der Waals surface area contributed by atoms with Crippen LogP contribution in [0.2, 0.25) is 0 Å². The molecule has 0 radical (unpaired) electrons. The monoisotopic (exact) mass is 375 g/mol. The quantitative estimate of drug-likeness (QED) is 0.402. The second kappa shape index (κ2) is 8.74. The minimum absolute atomic E-state index is 0.00512. The summed E-state index contributed by atoms with van der Waals surface area (Å²) in [5, 5.41) is 21.1. The molecule has 0 bridgehead atoms. The van der Waals surface area contributed by atoms with E-state index in [0.717, 1.165) is 0 Å². The number of rotatable bonds is 6. The highest BCUT2D eigenvalue weighted by atomic mass is 127. The van der Waals surface area contributed by atoms with E-state index >= 15 is 0 Å². The fourth-order valence-corrected chi connectivity index (χ4v) is 1.70. The molecule has 0 spiro atoms. The molecule has 1 rings (SSSR count). The van der Waals surface area contributed by atoms with E-state index in [1.165, 1.54) is 0 Å². The molecule has 2 atom stereocenters. The van der Waals surface area contributed by atoms with Crippen LogP contribution in [-0.4, -0.2) is 35.6 Å². The van der Waals surface area contributed by atoms with Crippen molar-refractivity contribution >= 4 is 28.7 Å². The summed E-state index contributed by atoms with van der Waals surface area (Å²) in [4.78, 5) is 10.8. The molecule has 0 aliphatic rings. The molecule has 0 aliphatic carbocycles. The van der Waals surface area contributed by atoms with Crippen molar-refractivity contribution in [1.29, 1.82) is 0 Å². The van der Waals surface area contributed by atoms with E-state index in [-0.39, 0.29) is 13.2 Å². The van der Waals surface area contributed by atoms with Gasteiger partial charge in [0, 0.05) is 22.6 Å². The lowest BCUT2D eigenvalue weighted by atomic mass is 10.0. The Kier molecular flexibility index (Phi) is 7.25. The zero-order chi connectivity index (χ0) is 14.1. The minimum atomic E-state index is -1.19. The summed E-state index contributed by atoms with van der Waals surface area (Å²) in [5.74, 6) is 2.69. The maximum Gasteiger partial charge on any atom is 0.405 e. The van der Waals surface area contributed by atoms with Crippen LogP contribution in [0.25, 0.3) is 0 Å². The van der Waals surface area contributed by atoms with Crippen LogP contribution in [0.3, 0.4) is 0 Å². The normalized spacial score (nSPS) is 12.9. The minimum Gasteiger partial charge on any atom is -0.465 e. The number of benzene rings is 1. The predicted octanol–water partition coefficient (Wildman–Crippen LogP) is 1.77. The van der Waals surface area contributed by atoms with E-state index in [4.69, 9.17) is 9.84 Å². The smallest absolute Gasteiger partial charge is 0.405 e. The van der Waals surface area contributed by atoms with Crippen LogP contribution in [-0.2, 0) is 4.74 Å². The highest BCUT2D eigenvalue weighted by Gasteiger charge is 2.22. The summed E-state index contributed by atoms with van der Waals surface area (Å²) in [7, 11) is 0. The molecule has 0 aliphatic heterocycles. The largest absolute Gasteiger partial charge is 0.465 e. The molecule has 2 unspecified atom stereocenters. The first-order chi connectivity index (χ1) is 9.15. The van der Waals surface area contributed by atoms with Crippen LogP contribution >= 0.6 is 22.6 Å². The average Bonchev–Trinajstić information content (AvgIpc) is 2.41. The molecular formula is C13H14INO4. The first kappa shape index (κ1) is 15.8. The van der Waals surface area contributed by atoms with E-state index in [0.29, 0.717) is 5.56 Å². The van der Waals surface area contributed by atoms with Gasteiger partial charge in [0.15, 0.2) is 0 Å². The third-order valence-corrected chi connectivity index (χ3v) is 2.73. The van der Waals surface area contributed by atoms with E-state index in [9.17, 15) is 9.90 Å². The molecule has 1 amide bonds. The summed E-state index contributed by atoms with van der Waals surface area (Å²) < 4.78 is 7.80. The molecular weight excluding hydrogens is 361 g/mol. The van der Waals surface area contributed by atoms with Crippen molar-refractivity contribution in [2.75, 3.05) is 13.2 Å². The molecule has 6 heteroatoms. The van der Waals surface area contributed by atoms with Crippen molar-refractivity contribution in [3.8, 4) is 9.85 Å². The first-order valence-electron chi connectivity index (χ1n) is 5.54. The summed E-state index contributed by atoms with van der Waals surface area (Å²) in [6.07, 6.45) is -2.17. The molecule has 102 valence electrons. The number of hydrogen-bond donors (Lipinski definition) is 3. The number of ether oxygens (including phenoxy) is 1. The van der Waals surface area contributed by atoms with Crippen LogP contribution < -0.4 is 5.32 Å². The maximum atomic E-state index is 10.8. The lowest BCUT2D eigenvalue weighted by Crippen LogP contribution is -2.37. The third-order valence-electron chi connectivity index (χ3n) is 2.35. The predicted molar refractivity (Wildman–Crippen MR) is 79.0 cm³/mol. The summed E-state index contributed by atoms with van der Waals surface area (Å²) >= 11 is 1.89. The van der Waals surface area contributed by atoms with Gasteiger partial charge in [-0.15, -0.1) is 0 Å². The van der Waals surface area contributed by atoms with Gasteiger partial charge < -0.3 is 20.3 Å². The molecule has 0 aromatic heterocycles. The standard InChI is InChI=1S/C13H14INO4/c14-7-4-8-19-9-11(16)12(15-13(17)18)10-5-2-1-3-6-10/h1-3,5-6,11-12,15-16H,8-9H2,(H,17,18). The van der Waals surface area contributed by atoms with Crippen molar-refractivity contribution in [2.45, 2.75) is 12.1 Å². The van der Waals surface area contributed by atoms with Gasteiger partial charge in [-0.25, -0.2) is 4.79 Å². The van der Waals surface area contributed by atoms with Gasteiger partial charge in [-0.05, 0) is 9.49 Å². The van der Waals surface area contributed by atoms with Crippen molar-refractivity contribution in [2.24, 2.45) is 0 Å². The number of aliphatic hydroxyl groups is 1. The summed E-state index contributed by atoms with van der Waals surface area (Å²) in [5.41, 5.74) is 0.681. The maximum absolute atomic E-state index is 10.8. The van der Waals surface area contributed by atoms with E-state index in [1.54, 1.807) is 24.3 Å². The Labute approximate surface area is 125 Å². The van der Waals surface area contributed by atoms with E-state index < -0.39 is 18.2 Å². The first-order valence-corrected chi connectivity index (χ1v) is 6.61. The number of nitrogens with one attached hydrogen (secondary N) is 1. The highest BCUT2D eigenvalue weighted by molar-refractivity contribution is 14.1. The highest BCUT2D eigenvalue weighted by Crippen LogP contribution is 2.17. The number of halogens is 1. The fourth-order valence-electron chi connectivity index (χ4n) is 1.55. The molecule has 19 heavy (non-hydrogen) atoms. The van der Waals surface area contributed by atoms with Gasteiger partial charge in [-0.2, -0.15) is 0 Å². The van der Waals surface area contributed by atoms with Gasteiger partial charge in [-0.1, -0.05) is 36.3 Å². The number of amides is 1. The van der Waals surface area contributed by atoms with E-state index in [1.807, 2.05) is 28.7 Å². The zero-order valence-electron chi connectivity index (χ0n) is 10.0. The van der Waals surface area contributed by atoms with E-state index in [2.05, 4.69) is 15.2 Å². The number of carbonyl (C=O) groups is 1.